The van der Waals surface area contributed by atoms with Crippen molar-refractivity contribution in [2.75, 3.05) is 4.90 Å². The predicted octanol–water partition coefficient (Wildman–Crippen LogP) is 7.73. The molecule has 1 fully saturated rings. The zero-order valence-corrected chi connectivity index (χ0v) is 23.0. The zero-order chi connectivity index (χ0) is 26.4. The van der Waals surface area contributed by atoms with Crippen molar-refractivity contribution in [2.24, 2.45) is 0 Å². The van der Waals surface area contributed by atoms with Crippen molar-refractivity contribution < 1.29 is 9.53 Å². The van der Waals surface area contributed by atoms with Gasteiger partial charge in [-0.1, -0.05) is 55.7 Å². The molecule has 4 rings (SSSR count). The molecule has 0 radical (unpaired) electrons. The van der Waals surface area contributed by atoms with E-state index in [1.54, 1.807) is 0 Å². The standard InChI is InChI=1S/C32H41N3O2/c1-23-19-29(35(28-9-7-6-8-10-28)31(36)37-32(3,4)5)17-18-30(23)27-15-13-25(14-16-27)20-33-21-26-12-11-24(2)34-22-26/h11-19,22,28,33H,6-10,20-21H2,1-5H3. The van der Waals surface area contributed by atoms with Crippen molar-refractivity contribution in [3.8, 4) is 11.1 Å². The predicted molar refractivity (Wildman–Crippen MR) is 152 cm³/mol. The van der Waals surface area contributed by atoms with E-state index < -0.39 is 5.60 Å². The molecule has 1 amide bonds. The number of amides is 1. The summed E-state index contributed by atoms with van der Waals surface area (Å²) < 4.78 is 5.82. The lowest BCUT2D eigenvalue weighted by atomic mass is 9.93. The number of benzene rings is 2. The van der Waals surface area contributed by atoms with E-state index in [9.17, 15) is 4.79 Å². The second kappa shape index (κ2) is 11.9. The minimum absolute atomic E-state index is 0.191. The second-order valence-corrected chi connectivity index (χ2v) is 11.2. The summed E-state index contributed by atoms with van der Waals surface area (Å²) in [5.41, 5.74) is 7.38. The molecule has 1 aliphatic rings. The van der Waals surface area contributed by atoms with E-state index in [1.165, 1.54) is 28.7 Å². The highest BCUT2D eigenvalue weighted by Crippen LogP contribution is 2.33. The number of hydrogen-bond acceptors (Lipinski definition) is 4. The first-order chi connectivity index (χ1) is 17.7. The van der Waals surface area contributed by atoms with Crippen molar-refractivity contribution in [2.45, 2.75) is 91.5 Å². The molecule has 5 nitrogen and oxygen atoms in total. The number of carbonyl (C=O) groups is 1. The van der Waals surface area contributed by atoms with Crippen molar-refractivity contribution >= 4 is 11.8 Å². The Kier molecular flexibility index (Phi) is 8.65. The maximum Gasteiger partial charge on any atom is 0.415 e. The number of carbonyl (C=O) groups excluding carboxylic acids is 1. The van der Waals surface area contributed by atoms with Gasteiger partial charge >= 0.3 is 6.09 Å². The van der Waals surface area contributed by atoms with E-state index >= 15 is 0 Å². The number of aromatic nitrogens is 1. The topological polar surface area (TPSA) is 54.5 Å². The van der Waals surface area contributed by atoms with Gasteiger partial charge in [-0.25, -0.2) is 4.79 Å². The van der Waals surface area contributed by atoms with E-state index in [0.717, 1.165) is 55.7 Å². The molecular weight excluding hydrogens is 458 g/mol. The monoisotopic (exact) mass is 499 g/mol. The van der Waals surface area contributed by atoms with Gasteiger partial charge in [0.05, 0.1) is 0 Å². The molecule has 1 saturated carbocycles. The van der Waals surface area contributed by atoms with Gasteiger partial charge < -0.3 is 10.1 Å². The Morgan fingerprint density at radius 3 is 2.24 bits per heavy atom. The molecule has 0 bridgehead atoms. The second-order valence-electron chi connectivity index (χ2n) is 11.2. The Labute approximate surface area is 222 Å². The average Bonchev–Trinajstić information content (AvgIpc) is 2.86. The van der Waals surface area contributed by atoms with Crippen LogP contribution in [0.4, 0.5) is 10.5 Å². The molecule has 0 unspecified atom stereocenters. The molecular formula is C32H41N3O2. The summed E-state index contributed by atoms with van der Waals surface area (Å²) >= 11 is 0. The first-order valence-corrected chi connectivity index (χ1v) is 13.5. The highest BCUT2D eigenvalue weighted by Gasteiger charge is 2.31. The van der Waals surface area contributed by atoms with Gasteiger partial charge in [-0.3, -0.25) is 9.88 Å². The molecule has 1 heterocycles. The van der Waals surface area contributed by atoms with Gasteiger partial charge in [0.25, 0.3) is 0 Å². The molecule has 196 valence electrons. The number of nitrogens with zero attached hydrogens (tertiary/aromatic N) is 2. The molecule has 37 heavy (non-hydrogen) atoms. The smallest absolute Gasteiger partial charge is 0.415 e. The minimum Gasteiger partial charge on any atom is -0.443 e. The van der Waals surface area contributed by atoms with E-state index in [1.807, 2.05) is 44.9 Å². The van der Waals surface area contributed by atoms with Gasteiger partial charge in [-0.15, -0.1) is 0 Å². The summed E-state index contributed by atoms with van der Waals surface area (Å²) in [6.07, 6.45) is 7.28. The van der Waals surface area contributed by atoms with Crippen LogP contribution < -0.4 is 10.2 Å². The largest absolute Gasteiger partial charge is 0.443 e. The van der Waals surface area contributed by atoms with Crippen LogP contribution in [0.5, 0.6) is 0 Å². The fourth-order valence-corrected chi connectivity index (χ4v) is 4.99. The lowest BCUT2D eigenvalue weighted by Gasteiger charge is -2.36. The summed E-state index contributed by atoms with van der Waals surface area (Å²) in [5.74, 6) is 0. The highest BCUT2D eigenvalue weighted by atomic mass is 16.6. The van der Waals surface area contributed by atoms with Crippen LogP contribution in [0.2, 0.25) is 0 Å². The highest BCUT2D eigenvalue weighted by molar-refractivity contribution is 5.89. The number of ether oxygens (including phenoxy) is 1. The van der Waals surface area contributed by atoms with Gasteiger partial charge in [0.1, 0.15) is 5.60 Å². The number of aryl methyl sites for hydroxylation is 2. The van der Waals surface area contributed by atoms with Crippen LogP contribution in [0.15, 0.2) is 60.8 Å². The maximum atomic E-state index is 13.2. The molecule has 0 aliphatic heterocycles. The van der Waals surface area contributed by atoms with Crippen molar-refractivity contribution in [3.05, 3.63) is 83.2 Å². The molecule has 0 spiro atoms. The van der Waals surface area contributed by atoms with E-state index in [2.05, 4.69) is 65.8 Å². The van der Waals surface area contributed by atoms with Gasteiger partial charge in [-0.05, 0) is 93.5 Å². The molecule has 0 atom stereocenters. The lowest BCUT2D eigenvalue weighted by molar-refractivity contribution is 0.0558. The number of anilines is 1. The Hall–Kier alpha value is -3.18. The van der Waals surface area contributed by atoms with Crippen LogP contribution in [0.1, 0.15) is 75.3 Å². The fraction of sp³-hybridized carbons (Fsp3) is 0.438. The molecule has 0 saturated heterocycles. The molecule has 3 aromatic rings. The number of hydrogen-bond donors (Lipinski definition) is 1. The van der Waals surface area contributed by atoms with Crippen LogP contribution in [0.25, 0.3) is 11.1 Å². The van der Waals surface area contributed by atoms with E-state index in [4.69, 9.17) is 4.74 Å². The summed E-state index contributed by atoms with van der Waals surface area (Å²) in [6, 6.07) is 19.4. The Balaban J connectivity index is 1.46. The van der Waals surface area contributed by atoms with Crippen molar-refractivity contribution in [3.63, 3.8) is 0 Å². The van der Waals surface area contributed by atoms with Crippen LogP contribution in [-0.2, 0) is 17.8 Å². The first-order valence-electron chi connectivity index (χ1n) is 13.5. The Morgan fingerprint density at radius 2 is 1.62 bits per heavy atom. The number of pyridine rings is 1. The maximum absolute atomic E-state index is 13.2. The van der Waals surface area contributed by atoms with Crippen LogP contribution in [0, 0.1) is 13.8 Å². The average molecular weight is 500 g/mol. The van der Waals surface area contributed by atoms with Crippen molar-refractivity contribution in [1.29, 1.82) is 0 Å². The first kappa shape index (κ1) is 26.9. The Bertz CT molecular complexity index is 1170. The molecule has 2 aromatic carbocycles. The quantitative estimate of drug-likeness (QED) is 0.361. The minimum atomic E-state index is -0.521. The van der Waals surface area contributed by atoms with Gasteiger partial charge in [0, 0.05) is 36.7 Å². The number of rotatable bonds is 7. The Morgan fingerprint density at radius 1 is 0.946 bits per heavy atom. The summed E-state index contributed by atoms with van der Waals surface area (Å²) in [4.78, 5) is 19.5. The lowest BCUT2D eigenvalue weighted by Crippen LogP contribution is -2.44. The molecule has 5 heteroatoms. The van der Waals surface area contributed by atoms with Crippen molar-refractivity contribution in [1.82, 2.24) is 10.3 Å². The normalized spacial score (nSPS) is 14.4. The fourth-order valence-electron chi connectivity index (χ4n) is 4.99. The number of nitrogens with one attached hydrogen (secondary N) is 1. The summed E-state index contributed by atoms with van der Waals surface area (Å²) in [5, 5.41) is 3.50. The molecule has 1 aliphatic carbocycles. The van der Waals surface area contributed by atoms with Crippen LogP contribution in [-0.4, -0.2) is 22.7 Å². The third-order valence-electron chi connectivity index (χ3n) is 6.91. The molecule has 1 N–H and O–H groups in total. The SMILES string of the molecule is Cc1ccc(CNCc2ccc(-c3ccc(N(C(=O)OC(C)(C)C)C4CCCCC4)cc3C)cc2)cn1. The van der Waals surface area contributed by atoms with Crippen LogP contribution >= 0.6 is 0 Å². The summed E-state index contributed by atoms with van der Waals surface area (Å²) in [6.45, 7) is 11.5. The van der Waals surface area contributed by atoms with Crippen LogP contribution in [0.3, 0.4) is 0 Å². The summed E-state index contributed by atoms with van der Waals surface area (Å²) in [7, 11) is 0. The zero-order valence-electron chi connectivity index (χ0n) is 23.0. The molecule has 1 aromatic heterocycles. The third-order valence-corrected chi connectivity index (χ3v) is 6.91. The van der Waals surface area contributed by atoms with E-state index in [-0.39, 0.29) is 12.1 Å². The third kappa shape index (κ3) is 7.42. The van der Waals surface area contributed by atoms with Gasteiger partial charge in [0.15, 0.2) is 0 Å². The van der Waals surface area contributed by atoms with Gasteiger partial charge in [0.2, 0.25) is 0 Å². The van der Waals surface area contributed by atoms with E-state index in [0.29, 0.717) is 0 Å². The van der Waals surface area contributed by atoms with Gasteiger partial charge in [-0.2, -0.15) is 0 Å².